The number of hydrogen-bond acceptors (Lipinski definition) is 6. The van der Waals surface area contributed by atoms with Gasteiger partial charge in [0.2, 0.25) is 15.9 Å². The maximum absolute atomic E-state index is 13.7. The number of carbonyl (C=O) groups is 2. The average Bonchev–Trinajstić information content (AvgIpc) is 3.06. The zero-order valence-corrected chi connectivity index (χ0v) is 23.6. The van der Waals surface area contributed by atoms with Crippen LogP contribution in [0.15, 0.2) is 60.0 Å². The Morgan fingerprint density at radius 3 is 2.26 bits per heavy atom. The summed E-state index contributed by atoms with van der Waals surface area (Å²) in [6.07, 6.45) is 2.21. The Bertz CT molecular complexity index is 1300. The average molecular weight is 544 g/mol. The van der Waals surface area contributed by atoms with Crippen molar-refractivity contribution in [2.75, 3.05) is 20.8 Å². The first kappa shape index (κ1) is 29.2. The van der Waals surface area contributed by atoms with Crippen LogP contribution in [0.2, 0.25) is 0 Å². The lowest BCUT2D eigenvalue weighted by Crippen LogP contribution is -2.56. The van der Waals surface area contributed by atoms with Crippen LogP contribution >= 0.6 is 0 Å². The lowest BCUT2D eigenvalue weighted by molar-refractivity contribution is -0.117. The molecule has 2 amide bonds. The van der Waals surface area contributed by atoms with E-state index in [1.165, 1.54) is 34.6 Å². The van der Waals surface area contributed by atoms with E-state index in [4.69, 9.17) is 9.47 Å². The maximum atomic E-state index is 13.7. The van der Waals surface area contributed by atoms with Crippen LogP contribution in [0, 0.1) is 0 Å². The molecule has 1 heterocycles. The third kappa shape index (κ3) is 5.86. The van der Waals surface area contributed by atoms with Crippen molar-refractivity contribution in [3.8, 4) is 11.5 Å². The standard InChI is InChI=1S/C28H37N3O6S/c1-8-25(32)30-24-18-27(2,3)31(28(24,4)5)38(34,35)21-12-10-20(11-13-21)26(33)29-16-15-19-9-14-22(36-6)23(17-19)37-7/h8-14,17,24H,1,15-16,18H2,2-7H3,(H,29,33)(H,30,32). The molecule has 3 rings (SSSR count). The van der Waals surface area contributed by atoms with Crippen molar-refractivity contribution in [1.82, 2.24) is 14.9 Å². The van der Waals surface area contributed by atoms with Gasteiger partial charge in [-0.25, -0.2) is 8.42 Å². The molecule has 10 heteroatoms. The Hall–Kier alpha value is -3.37. The fourth-order valence-electron chi connectivity index (χ4n) is 5.19. The zero-order chi connectivity index (χ0) is 28.3. The van der Waals surface area contributed by atoms with Crippen molar-refractivity contribution in [2.24, 2.45) is 0 Å². The zero-order valence-electron chi connectivity index (χ0n) is 22.8. The third-order valence-electron chi connectivity index (χ3n) is 6.93. The van der Waals surface area contributed by atoms with Crippen LogP contribution in [-0.2, 0) is 21.2 Å². The second kappa shape index (κ2) is 11.2. The molecule has 0 aromatic heterocycles. The van der Waals surface area contributed by atoms with Crippen molar-refractivity contribution in [2.45, 2.75) is 62.6 Å². The molecule has 2 aromatic carbocycles. The van der Waals surface area contributed by atoms with Gasteiger partial charge < -0.3 is 20.1 Å². The van der Waals surface area contributed by atoms with Crippen LogP contribution in [0.3, 0.4) is 0 Å². The van der Waals surface area contributed by atoms with Crippen molar-refractivity contribution in [3.63, 3.8) is 0 Å². The summed E-state index contributed by atoms with van der Waals surface area (Å²) >= 11 is 0. The van der Waals surface area contributed by atoms with Crippen molar-refractivity contribution >= 4 is 21.8 Å². The van der Waals surface area contributed by atoms with Gasteiger partial charge in [0.1, 0.15) is 0 Å². The molecule has 1 unspecified atom stereocenters. The van der Waals surface area contributed by atoms with Gasteiger partial charge in [0.05, 0.1) is 24.7 Å². The van der Waals surface area contributed by atoms with Crippen LogP contribution < -0.4 is 20.1 Å². The monoisotopic (exact) mass is 543 g/mol. The van der Waals surface area contributed by atoms with E-state index in [1.54, 1.807) is 28.1 Å². The largest absolute Gasteiger partial charge is 0.493 e. The Morgan fingerprint density at radius 2 is 1.68 bits per heavy atom. The van der Waals surface area contributed by atoms with E-state index < -0.39 is 27.1 Å². The molecule has 1 aliphatic heterocycles. The van der Waals surface area contributed by atoms with Crippen molar-refractivity contribution in [1.29, 1.82) is 0 Å². The molecule has 0 spiro atoms. The summed E-state index contributed by atoms with van der Waals surface area (Å²) < 4.78 is 39.5. The third-order valence-corrected chi connectivity index (χ3v) is 9.25. The van der Waals surface area contributed by atoms with Gasteiger partial charge in [0.15, 0.2) is 11.5 Å². The molecular weight excluding hydrogens is 506 g/mol. The van der Waals surface area contributed by atoms with Crippen LogP contribution in [0.1, 0.15) is 50.0 Å². The van der Waals surface area contributed by atoms with E-state index in [0.29, 0.717) is 36.4 Å². The van der Waals surface area contributed by atoms with Gasteiger partial charge in [-0.05, 0) is 88.6 Å². The number of amides is 2. The highest BCUT2D eigenvalue weighted by atomic mass is 32.2. The summed E-state index contributed by atoms with van der Waals surface area (Å²) in [6.45, 7) is 11.2. The van der Waals surface area contributed by atoms with Crippen LogP contribution in [-0.4, -0.2) is 62.4 Å². The van der Waals surface area contributed by atoms with Gasteiger partial charge in [0, 0.05) is 23.7 Å². The molecule has 38 heavy (non-hydrogen) atoms. The molecule has 2 aromatic rings. The van der Waals surface area contributed by atoms with E-state index in [1.807, 2.05) is 32.0 Å². The topological polar surface area (TPSA) is 114 Å². The number of nitrogens with one attached hydrogen (secondary N) is 2. The van der Waals surface area contributed by atoms with Gasteiger partial charge in [0.25, 0.3) is 5.91 Å². The highest BCUT2D eigenvalue weighted by Crippen LogP contribution is 2.44. The summed E-state index contributed by atoms with van der Waals surface area (Å²) in [5, 5.41) is 5.73. The predicted octanol–water partition coefficient (Wildman–Crippen LogP) is 3.30. The number of sulfonamides is 1. The molecule has 1 aliphatic rings. The normalized spacial score (nSPS) is 18.4. The molecule has 0 saturated carbocycles. The van der Waals surface area contributed by atoms with Crippen LogP contribution in [0.5, 0.6) is 11.5 Å². The number of nitrogens with zero attached hydrogens (tertiary/aromatic N) is 1. The molecule has 9 nitrogen and oxygen atoms in total. The number of methoxy groups -OCH3 is 2. The summed E-state index contributed by atoms with van der Waals surface area (Å²) in [6, 6.07) is 11.1. The van der Waals surface area contributed by atoms with Gasteiger partial charge in [-0.1, -0.05) is 12.6 Å². The van der Waals surface area contributed by atoms with Gasteiger partial charge in [-0.15, -0.1) is 0 Å². The Kier molecular flexibility index (Phi) is 8.58. The van der Waals surface area contributed by atoms with Crippen molar-refractivity contribution < 1.29 is 27.5 Å². The molecular formula is C28H37N3O6S. The molecule has 0 aliphatic carbocycles. The number of benzene rings is 2. The van der Waals surface area contributed by atoms with E-state index in [-0.39, 0.29) is 16.7 Å². The smallest absolute Gasteiger partial charge is 0.251 e. The number of ether oxygens (including phenoxy) is 2. The maximum Gasteiger partial charge on any atom is 0.251 e. The molecule has 1 saturated heterocycles. The van der Waals surface area contributed by atoms with E-state index in [2.05, 4.69) is 17.2 Å². The quantitative estimate of drug-likeness (QED) is 0.445. The second-order valence-electron chi connectivity index (χ2n) is 10.4. The first-order chi connectivity index (χ1) is 17.8. The molecule has 0 radical (unpaired) electrons. The number of carbonyl (C=O) groups excluding carboxylic acids is 2. The predicted molar refractivity (Wildman–Crippen MR) is 146 cm³/mol. The lowest BCUT2D eigenvalue weighted by Gasteiger charge is -2.40. The molecule has 1 atom stereocenters. The minimum Gasteiger partial charge on any atom is -0.493 e. The first-order valence-electron chi connectivity index (χ1n) is 12.4. The molecule has 2 N–H and O–H groups in total. The lowest BCUT2D eigenvalue weighted by atomic mass is 9.94. The summed E-state index contributed by atoms with van der Waals surface area (Å²) in [5.74, 6) is 0.600. The van der Waals surface area contributed by atoms with Gasteiger partial charge in [-0.3, -0.25) is 9.59 Å². The molecule has 206 valence electrons. The SMILES string of the molecule is C=CC(=O)NC1CC(C)(C)N(S(=O)(=O)c2ccc(C(=O)NCCc3ccc(OC)c(OC)c3)cc2)C1(C)C. The highest BCUT2D eigenvalue weighted by Gasteiger charge is 2.57. The molecule has 0 bridgehead atoms. The minimum absolute atomic E-state index is 0.0798. The van der Waals surface area contributed by atoms with E-state index in [9.17, 15) is 18.0 Å². The van der Waals surface area contributed by atoms with E-state index >= 15 is 0 Å². The first-order valence-corrected chi connectivity index (χ1v) is 13.8. The Morgan fingerprint density at radius 1 is 1.05 bits per heavy atom. The Balaban J connectivity index is 1.71. The number of rotatable bonds is 10. The minimum atomic E-state index is -3.93. The van der Waals surface area contributed by atoms with Gasteiger partial charge in [-0.2, -0.15) is 4.31 Å². The highest BCUT2D eigenvalue weighted by molar-refractivity contribution is 7.89. The molecule has 1 fully saturated rings. The Labute approximate surface area is 225 Å². The fourth-order valence-corrected chi connectivity index (χ4v) is 7.35. The summed E-state index contributed by atoms with van der Waals surface area (Å²) in [4.78, 5) is 24.7. The van der Waals surface area contributed by atoms with E-state index in [0.717, 1.165) is 5.56 Å². The summed E-state index contributed by atoms with van der Waals surface area (Å²) in [5.41, 5.74) is -0.307. The summed E-state index contributed by atoms with van der Waals surface area (Å²) in [7, 11) is -0.796. The van der Waals surface area contributed by atoms with Crippen LogP contribution in [0.4, 0.5) is 0 Å². The fraction of sp³-hybridized carbons (Fsp3) is 0.429. The number of hydrogen-bond donors (Lipinski definition) is 2. The second-order valence-corrected chi connectivity index (χ2v) is 12.2. The van der Waals surface area contributed by atoms with Crippen LogP contribution in [0.25, 0.3) is 0 Å². The van der Waals surface area contributed by atoms with Crippen molar-refractivity contribution in [3.05, 3.63) is 66.2 Å². The van der Waals surface area contributed by atoms with Gasteiger partial charge >= 0.3 is 0 Å².